The monoisotopic (exact) mass is 385 g/mol. The lowest BCUT2D eigenvalue weighted by Gasteiger charge is -2.08. The van der Waals surface area contributed by atoms with Gasteiger partial charge in [-0.15, -0.1) is 0 Å². The number of sulfone groups is 1. The molecule has 136 valence electrons. The Morgan fingerprint density at radius 1 is 1.04 bits per heavy atom. The molecule has 0 spiro atoms. The maximum atomic E-state index is 13.1. The number of aromatic nitrogens is 3. The minimum atomic E-state index is -4.68. The molecule has 0 atom stereocenters. The summed E-state index contributed by atoms with van der Waals surface area (Å²) in [4.78, 5) is 3.76. The van der Waals surface area contributed by atoms with Gasteiger partial charge in [0, 0.05) is 11.8 Å². The molecule has 10 heteroatoms. The van der Waals surface area contributed by atoms with E-state index in [-0.39, 0.29) is 16.4 Å². The summed E-state index contributed by atoms with van der Waals surface area (Å²) < 4.78 is 76.2. The number of hydrogen-bond acceptors (Lipinski definition) is 4. The van der Waals surface area contributed by atoms with Crippen LogP contribution in [0.2, 0.25) is 0 Å². The maximum absolute atomic E-state index is 13.1. The molecule has 0 aliphatic carbocycles. The molecule has 2 aromatic heterocycles. The third-order valence-electron chi connectivity index (χ3n) is 3.48. The summed E-state index contributed by atoms with van der Waals surface area (Å²) in [7, 11) is -3.55. The number of hydrogen-bond donors (Lipinski definition) is 0. The van der Waals surface area contributed by atoms with Crippen molar-refractivity contribution in [3.63, 3.8) is 0 Å². The molecule has 0 amide bonds. The van der Waals surface area contributed by atoms with Crippen molar-refractivity contribution < 1.29 is 26.0 Å². The van der Waals surface area contributed by atoms with Gasteiger partial charge in [-0.05, 0) is 42.5 Å². The highest BCUT2D eigenvalue weighted by atomic mass is 32.2. The minimum Gasteiger partial charge on any atom is -0.242 e. The Bertz CT molecular complexity index is 1040. The Morgan fingerprint density at radius 2 is 1.69 bits per heavy atom. The molecule has 0 aliphatic rings. The maximum Gasteiger partial charge on any atom is 0.435 e. The van der Waals surface area contributed by atoms with Crippen molar-refractivity contribution in [1.29, 1.82) is 0 Å². The summed E-state index contributed by atoms with van der Waals surface area (Å²) in [6, 6.07) is 8.17. The van der Waals surface area contributed by atoms with Gasteiger partial charge in [0.1, 0.15) is 5.82 Å². The molecule has 3 rings (SSSR count). The molecule has 0 N–H and O–H groups in total. The zero-order valence-electron chi connectivity index (χ0n) is 13.2. The van der Waals surface area contributed by atoms with E-state index >= 15 is 0 Å². The van der Waals surface area contributed by atoms with Gasteiger partial charge in [-0.2, -0.15) is 18.3 Å². The highest BCUT2D eigenvalue weighted by Crippen LogP contribution is 2.33. The van der Waals surface area contributed by atoms with Crippen LogP contribution in [0.25, 0.3) is 16.9 Å². The molecule has 5 nitrogen and oxygen atoms in total. The third kappa shape index (κ3) is 3.59. The predicted molar refractivity (Wildman–Crippen MR) is 84.9 cm³/mol. The fourth-order valence-electron chi connectivity index (χ4n) is 2.26. The van der Waals surface area contributed by atoms with Gasteiger partial charge >= 0.3 is 6.18 Å². The van der Waals surface area contributed by atoms with E-state index in [0.29, 0.717) is 5.56 Å². The average molecular weight is 385 g/mol. The van der Waals surface area contributed by atoms with Crippen LogP contribution in [0, 0.1) is 5.82 Å². The van der Waals surface area contributed by atoms with Crippen LogP contribution in [-0.4, -0.2) is 29.4 Å². The Morgan fingerprint density at radius 3 is 2.19 bits per heavy atom. The quantitative estimate of drug-likeness (QED) is 0.648. The van der Waals surface area contributed by atoms with E-state index in [1.54, 1.807) is 0 Å². The number of nitrogens with zero attached hydrogens (tertiary/aromatic N) is 3. The van der Waals surface area contributed by atoms with E-state index in [9.17, 15) is 26.0 Å². The lowest BCUT2D eigenvalue weighted by molar-refractivity contribution is -0.141. The van der Waals surface area contributed by atoms with Crippen LogP contribution in [0.5, 0.6) is 0 Å². The molecular formula is C16H11F4N3O2S. The number of pyridine rings is 1. The second-order valence-electron chi connectivity index (χ2n) is 5.46. The zero-order chi connectivity index (χ0) is 19.1. The number of rotatable bonds is 3. The van der Waals surface area contributed by atoms with E-state index in [4.69, 9.17) is 0 Å². The molecule has 0 fully saturated rings. The van der Waals surface area contributed by atoms with E-state index in [1.165, 1.54) is 24.3 Å². The number of benzene rings is 1. The SMILES string of the molecule is CS(=O)(=O)c1ccc(-n2nc(C(F)(F)F)cc2-c2ccc(F)cc2)cn1. The zero-order valence-corrected chi connectivity index (χ0v) is 14.0. The minimum absolute atomic E-state index is 0.0613. The fraction of sp³-hybridized carbons (Fsp3) is 0.125. The van der Waals surface area contributed by atoms with Crippen molar-refractivity contribution in [3.8, 4) is 16.9 Å². The molecule has 0 aliphatic heterocycles. The molecule has 0 saturated heterocycles. The summed E-state index contributed by atoms with van der Waals surface area (Å²) in [5, 5.41) is 3.34. The van der Waals surface area contributed by atoms with Crippen molar-refractivity contribution in [3.05, 3.63) is 60.2 Å². The first-order valence-corrected chi connectivity index (χ1v) is 9.04. The number of halogens is 4. The smallest absolute Gasteiger partial charge is 0.242 e. The molecule has 0 radical (unpaired) electrons. The van der Waals surface area contributed by atoms with Gasteiger partial charge in [-0.3, -0.25) is 0 Å². The first-order chi connectivity index (χ1) is 12.1. The molecule has 0 bridgehead atoms. The van der Waals surface area contributed by atoms with Gasteiger partial charge in [0.25, 0.3) is 0 Å². The third-order valence-corrected chi connectivity index (χ3v) is 4.49. The Balaban J connectivity index is 2.16. The average Bonchev–Trinajstić information content (AvgIpc) is 3.00. The van der Waals surface area contributed by atoms with Crippen LogP contribution >= 0.6 is 0 Å². The van der Waals surface area contributed by atoms with Crippen molar-refractivity contribution in [2.45, 2.75) is 11.2 Å². The predicted octanol–water partition coefficient (Wildman–Crippen LogP) is 3.50. The van der Waals surface area contributed by atoms with E-state index < -0.39 is 27.5 Å². The fourth-order valence-corrected chi connectivity index (χ4v) is 2.82. The standard InChI is InChI=1S/C16H11F4N3O2S/c1-26(24,25)15-7-6-12(9-21-15)23-13(8-14(22-23)16(18,19)20)10-2-4-11(17)5-3-10/h2-9H,1H3. The van der Waals surface area contributed by atoms with Crippen molar-refractivity contribution in [2.24, 2.45) is 0 Å². The van der Waals surface area contributed by atoms with Gasteiger partial charge in [0.05, 0.1) is 17.6 Å². The molecule has 2 heterocycles. The van der Waals surface area contributed by atoms with E-state index in [0.717, 1.165) is 35.3 Å². The summed E-state index contributed by atoms with van der Waals surface area (Å²) in [6.07, 6.45) is -2.61. The molecule has 26 heavy (non-hydrogen) atoms. The Kier molecular flexibility index (Phi) is 4.31. The van der Waals surface area contributed by atoms with Gasteiger partial charge in [-0.25, -0.2) is 22.5 Å². The van der Waals surface area contributed by atoms with Crippen molar-refractivity contribution in [2.75, 3.05) is 6.26 Å². The molecule has 1 aromatic carbocycles. The van der Waals surface area contributed by atoms with E-state index in [2.05, 4.69) is 10.1 Å². The second-order valence-corrected chi connectivity index (χ2v) is 7.42. The van der Waals surface area contributed by atoms with Crippen LogP contribution < -0.4 is 0 Å². The normalized spacial score (nSPS) is 12.3. The number of alkyl halides is 3. The van der Waals surface area contributed by atoms with Crippen molar-refractivity contribution in [1.82, 2.24) is 14.8 Å². The first-order valence-electron chi connectivity index (χ1n) is 7.15. The van der Waals surface area contributed by atoms with Crippen LogP contribution in [0.1, 0.15) is 5.69 Å². The van der Waals surface area contributed by atoms with Gasteiger partial charge in [0.2, 0.25) is 0 Å². The van der Waals surface area contributed by atoms with E-state index in [1.807, 2.05) is 0 Å². The first kappa shape index (κ1) is 18.1. The summed E-state index contributed by atoms with van der Waals surface area (Å²) in [6.45, 7) is 0. The van der Waals surface area contributed by atoms with Crippen LogP contribution in [0.4, 0.5) is 17.6 Å². The van der Waals surface area contributed by atoms with Crippen LogP contribution in [-0.2, 0) is 16.0 Å². The summed E-state index contributed by atoms with van der Waals surface area (Å²) >= 11 is 0. The Hall–Kier alpha value is -2.75. The highest BCUT2D eigenvalue weighted by Gasteiger charge is 2.35. The highest BCUT2D eigenvalue weighted by molar-refractivity contribution is 7.90. The molecule has 0 saturated carbocycles. The van der Waals surface area contributed by atoms with Gasteiger partial charge in [-0.1, -0.05) is 0 Å². The van der Waals surface area contributed by atoms with Gasteiger partial charge < -0.3 is 0 Å². The van der Waals surface area contributed by atoms with Crippen molar-refractivity contribution >= 4 is 9.84 Å². The van der Waals surface area contributed by atoms with Crippen LogP contribution in [0.3, 0.4) is 0 Å². The van der Waals surface area contributed by atoms with Gasteiger partial charge in [0.15, 0.2) is 20.6 Å². The topological polar surface area (TPSA) is 64.8 Å². The largest absolute Gasteiger partial charge is 0.435 e. The molecule has 3 aromatic rings. The lowest BCUT2D eigenvalue weighted by atomic mass is 10.1. The van der Waals surface area contributed by atoms with Crippen LogP contribution in [0.15, 0.2) is 53.7 Å². The summed E-state index contributed by atoms with van der Waals surface area (Å²) in [5.74, 6) is -0.532. The molecule has 0 unspecified atom stereocenters. The lowest BCUT2D eigenvalue weighted by Crippen LogP contribution is -2.08. The summed E-state index contributed by atoms with van der Waals surface area (Å²) in [5.41, 5.74) is -0.635. The molecular weight excluding hydrogens is 374 g/mol. The second kappa shape index (κ2) is 6.20. The Labute approximate surface area is 145 Å².